The molecule has 0 fully saturated rings. The van der Waals surface area contributed by atoms with E-state index < -0.39 is 0 Å². The molecule has 0 unspecified atom stereocenters. The molecule has 0 radical (unpaired) electrons. The van der Waals surface area contributed by atoms with Crippen LogP contribution in [0.3, 0.4) is 0 Å². The molecule has 21 heavy (non-hydrogen) atoms. The average Bonchev–Trinajstić information content (AvgIpc) is 3.07. The van der Waals surface area contributed by atoms with Gasteiger partial charge in [-0.3, -0.25) is 4.79 Å². The van der Waals surface area contributed by atoms with E-state index in [1.165, 1.54) is 28.7 Å². The van der Waals surface area contributed by atoms with Crippen molar-refractivity contribution in [1.82, 2.24) is 19.7 Å². The highest BCUT2D eigenvalue weighted by atomic mass is 32.1. The lowest BCUT2D eigenvalue weighted by molar-refractivity contribution is -0.116. The van der Waals surface area contributed by atoms with E-state index in [2.05, 4.69) is 20.4 Å². The summed E-state index contributed by atoms with van der Waals surface area (Å²) in [7, 11) is 0. The van der Waals surface area contributed by atoms with Crippen LogP contribution < -0.4 is 10.1 Å². The quantitative estimate of drug-likeness (QED) is 0.778. The molecule has 0 saturated heterocycles. The van der Waals surface area contributed by atoms with Gasteiger partial charge in [0.1, 0.15) is 24.9 Å². The molecule has 0 aliphatic heterocycles. The Morgan fingerprint density at radius 1 is 1.48 bits per heavy atom. The summed E-state index contributed by atoms with van der Waals surface area (Å²) in [5, 5.41) is 7.20. The zero-order valence-electron chi connectivity index (χ0n) is 11.3. The van der Waals surface area contributed by atoms with E-state index in [4.69, 9.17) is 4.74 Å². The Kier molecular flexibility index (Phi) is 3.78. The minimum atomic E-state index is -0.190. The first-order valence-corrected chi connectivity index (χ1v) is 7.22. The molecule has 2 aromatic heterocycles. The number of nitrogens with one attached hydrogen (secondary N) is 1. The lowest BCUT2D eigenvalue weighted by atomic mass is 10.3. The van der Waals surface area contributed by atoms with Crippen LogP contribution in [0.15, 0.2) is 30.9 Å². The first-order chi connectivity index (χ1) is 10.2. The molecule has 0 aliphatic rings. The molecule has 8 heteroatoms. The predicted molar refractivity (Wildman–Crippen MR) is 79.4 cm³/mol. The Labute approximate surface area is 124 Å². The van der Waals surface area contributed by atoms with E-state index in [9.17, 15) is 4.79 Å². The van der Waals surface area contributed by atoms with E-state index >= 15 is 0 Å². The summed E-state index contributed by atoms with van der Waals surface area (Å²) in [6.07, 6.45) is 2.88. The minimum Gasteiger partial charge on any atom is -0.494 e. The van der Waals surface area contributed by atoms with Gasteiger partial charge in [-0.15, -0.1) is 0 Å². The van der Waals surface area contributed by atoms with Crippen molar-refractivity contribution in [3.05, 3.63) is 30.9 Å². The molecule has 3 rings (SSSR count). The second kappa shape index (κ2) is 5.88. The molecule has 0 spiro atoms. The monoisotopic (exact) mass is 303 g/mol. The van der Waals surface area contributed by atoms with Crippen molar-refractivity contribution in [1.29, 1.82) is 0 Å². The normalized spacial score (nSPS) is 10.7. The Balaban J connectivity index is 1.73. The van der Waals surface area contributed by atoms with Crippen molar-refractivity contribution in [2.45, 2.75) is 13.5 Å². The summed E-state index contributed by atoms with van der Waals surface area (Å²) >= 11 is 1.41. The second-order valence-corrected chi connectivity index (χ2v) is 5.25. The van der Waals surface area contributed by atoms with Gasteiger partial charge in [-0.05, 0) is 25.1 Å². The van der Waals surface area contributed by atoms with Crippen LogP contribution in [0.25, 0.3) is 10.2 Å². The fourth-order valence-corrected chi connectivity index (χ4v) is 2.75. The van der Waals surface area contributed by atoms with Crippen LogP contribution in [-0.4, -0.2) is 32.3 Å². The summed E-state index contributed by atoms with van der Waals surface area (Å²) in [6, 6.07) is 5.67. The first kappa shape index (κ1) is 13.5. The highest BCUT2D eigenvalue weighted by Crippen LogP contribution is 2.29. The number of fused-ring (bicyclic) bond motifs is 1. The molecule has 1 N–H and O–H groups in total. The molecule has 108 valence electrons. The van der Waals surface area contributed by atoms with E-state index in [0.29, 0.717) is 11.7 Å². The lowest BCUT2D eigenvalue weighted by Gasteiger charge is -2.00. The molecule has 0 aliphatic carbocycles. The van der Waals surface area contributed by atoms with Gasteiger partial charge < -0.3 is 10.1 Å². The van der Waals surface area contributed by atoms with Crippen LogP contribution in [0.2, 0.25) is 0 Å². The van der Waals surface area contributed by atoms with Crippen LogP contribution in [0.1, 0.15) is 6.92 Å². The van der Waals surface area contributed by atoms with Gasteiger partial charge >= 0.3 is 0 Å². The third-order valence-corrected chi connectivity index (χ3v) is 3.62. The molecular formula is C13H13N5O2S. The summed E-state index contributed by atoms with van der Waals surface area (Å²) in [6.45, 7) is 2.67. The van der Waals surface area contributed by atoms with Gasteiger partial charge in [-0.25, -0.2) is 14.6 Å². The fourth-order valence-electron chi connectivity index (χ4n) is 1.84. The number of hydrogen-bond donors (Lipinski definition) is 1. The molecule has 2 heterocycles. The number of carbonyl (C=O) groups excluding carboxylic acids is 1. The number of amides is 1. The molecule has 0 atom stereocenters. The van der Waals surface area contributed by atoms with Gasteiger partial charge in [0.25, 0.3) is 0 Å². The van der Waals surface area contributed by atoms with Crippen molar-refractivity contribution < 1.29 is 9.53 Å². The van der Waals surface area contributed by atoms with Crippen molar-refractivity contribution >= 4 is 32.6 Å². The number of rotatable bonds is 5. The number of anilines is 1. The average molecular weight is 303 g/mol. The van der Waals surface area contributed by atoms with E-state index in [-0.39, 0.29) is 12.5 Å². The number of thiazole rings is 1. The Morgan fingerprint density at radius 2 is 2.38 bits per heavy atom. The van der Waals surface area contributed by atoms with E-state index in [0.717, 1.165) is 16.0 Å². The van der Waals surface area contributed by atoms with Crippen LogP contribution in [0.5, 0.6) is 5.75 Å². The van der Waals surface area contributed by atoms with Crippen molar-refractivity contribution in [2.24, 2.45) is 0 Å². The SMILES string of the molecule is CCOc1ccc2nc(NC(=O)Cn3cncn3)sc2c1. The Hall–Kier alpha value is -2.48. The van der Waals surface area contributed by atoms with Gasteiger partial charge in [0.15, 0.2) is 5.13 Å². The first-order valence-electron chi connectivity index (χ1n) is 6.40. The largest absolute Gasteiger partial charge is 0.494 e. The highest BCUT2D eigenvalue weighted by molar-refractivity contribution is 7.22. The van der Waals surface area contributed by atoms with Crippen LogP contribution in [0, 0.1) is 0 Å². The minimum absolute atomic E-state index is 0.111. The van der Waals surface area contributed by atoms with E-state index in [1.807, 2.05) is 25.1 Å². The standard InChI is InChI=1S/C13H13N5O2S/c1-2-20-9-3-4-10-11(5-9)21-13(16-10)17-12(19)6-18-8-14-7-15-18/h3-5,7-8H,2,6H2,1H3,(H,16,17,19). The number of aromatic nitrogens is 4. The maximum absolute atomic E-state index is 11.9. The molecular weight excluding hydrogens is 290 g/mol. The number of ether oxygens (including phenoxy) is 1. The van der Waals surface area contributed by atoms with E-state index in [1.54, 1.807) is 0 Å². The molecule has 1 aromatic carbocycles. The van der Waals surface area contributed by atoms with Crippen molar-refractivity contribution in [2.75, 3.05) is 11.9 Å². The Morgan fingerprint density at radius 3 is 3.14 bits per heavy atom. The summed E-state index contributed by atoms with van der Waals surface area (Å²) in [5.74, 6) is 0.610. The summed E-state index contributed by atoms with van der Waals surface area (Å²) < 4.78 is 7.87. The maximum atomic E-state index is 11.9. The second-order valence-electron chi connectivity index (χ2n) is 4.22. The molecule has 7 nitrogen and oxygen atoms in total. The highest BCUT2D eigenvalue weighted by Gasteiger charge is 2.09. The van der Waals surface area contributed by atoms with Crippen LogP contribution >= 0.6 is 11.3 Å². The van der Waals surface area contributed by atoms with Gasteiger partial charge in [0.2, 0.25) is 5.91 Å². The smallest absolute Gasteiger partial charge is 0.247 e. The zero-order chi connectivity index (χ0) is 14.7. The van der Waals surface area contributed by atoms with Crippen molar-refractivity contribution in [3.8, 4) is 5.75 Å². The number of carbonyl (C=O) groups is 1. The topological polar surface area (TPSA) is 81.9 Å². The zero-order valence-corrected chi connectivity index (χ0v) is 12.1. The number of benzene rings is 1. The number of nitrogens with zero attached hydrogens (tertiary/aromatic N) is 4. The maximum Gasteiger partial charge on any atom is 0.247 e. The van der Waals surface area contributed by atoms with Crippen LogP contribution in [0.4, 0.5) is 5.13 Å². The third kappa shape index (κ3) is 3.16. The molecule has 1 amide bonds. The van der Waals surface area contributed by atoms with Gasteiger partial charge in [-0.1, -0.05) is 11.3 Å². The van der Waals surface area contributed by atoms with Gasteiger partial charge in [-0.2, -0.15) is 5.10 Å². The third-order valence-electron chi connectivity index (χ3n) is 2.69. The molecule has 3 aromatic rings. The lowest BCUT2D eigenvalue weighted by Crippen LogP contribution is -2.18. The van der Waals surface area contributed by atoms with Crippen LogP contribution in [-0.2, 0) is 11.3 Å². The van der Waals surface area contributed by atoms with Crippen molar-refractivity contribution in [3.63, 3.8) is 0 Å². The number of hydrogen-bond acceptors (Lipinski definition) is 6. The van der Waals surface area contributed by atoms with Gasteiger partial charge in [0, 0.05) is 0 Å². The Bertz CT molecular complexity index is 753. The molecule has 0 saturated carbocycles. The van der Waals surface area contributed by atoms with Gasteiger partial charge in [0.05, 0.1) is 16.8 Å². The predicted octanol–water partition coefficient (Wildman–Crippen LogP) is 1.93. The summed E-state index contributed by atoms with van der Waals surface area (Å²) in [5.41, 5.74) is 0.833. The molecule has 0 bridgehead atoms. The fraction of sp³-hybridized carbons (Fsp3) is 0.231. The summed E-state index contributed by atoms with van der Waals surface area (Å²) in [4.78, 5) is 20.0.